The molecule has 6 rings (SSSR count). The lowest BCUT2D eigenvalue weighted by Crippen LogP contribution is -2.34. The van der Waals surface area contributed by atoms with Gasteiger partial charge >= 0.3 is 0 Å². The van der Waals surface area contributed by atoms with Gasteiger partial charge < -0.3 is 14.4 Å². The van der Waals surface area contributed by atoms with E-state index in [1.807, 2.05) is 24.4 Å². The van der Waals surface area contributed by atoms with E-state index in [0.29, 0.717) is 12.5 Å². The summed E-state index contributed by atoms with van der Waals surface area (Å²) >= 11 is 6.45. The van der Waals surface area contributed by atoms with Crippen LogP contribution in [0.1, 0.15) is 49.7 Å². The zero-order chi connectivity index (χ0) is 25.7. The molecule has 0 bridgehead atoms. The molecule has 38 heavy (non-hydrogen) atoms. The molecule has 2 aromatic heterocycles. The summed E-state index contributed by atoms with van der Waals surface area (Å²) in [7, 11) is 0. The molecule has 2 saturated heterocycles. The van der Waals surface area contributed by atoms with Crippen LogP contribution in [-0.2, 0) is 6.54 Å². The van der Waals surface area contributed by atoms with Gasteiger partial charge in [0.2, 0.25) is 17.8 Å². The molecule has 8 nitrogen and oxygen atoms in total. The maximum Gasteiger partial charge on any atom is 0.250 e. The van der Waals surface area contributed by atoms with Crippen molar-refractivity contribution in [3.05, 3.63) is 70.9 Å². The number of anilines is 3. The third-order valence-corrected chi connectivity index (χ3v) is 7.74. The summed E-state index contributed by atoms with van der Waals surface area (Å²) in [5.74, 6) is 1.97. The Morgan fingerprint density at radius 2 is 1.42 bits per heavy atom. The molecular weight excluding hydrogens is 496 g/mol. The summed E-state index contributed by atoms with van der Waals surface area (Å²) in [4.78, 5) is 18.9. The van der Waals surface area contributed by atoms with Crippen molar-refractivity contribution in [2.75, 3.05) is 41.4 Å². The summed E-state index contributed by atoms with van der Waals surface area (Å²) in [6, 6.07) is 16.3. The molecule has 1 N–H and O–H groups in total. The van der Waals surface area contributed by atoms with Crippen LogP contribution in [0.25, 0.3) is 10.9 Å². The van der Waals surface area contributed by atoms with Gasteiger partial charge in [-0.15, -0.1) is 0 Å². The van der Waals surface area contributed by atoms with E-state index in [9.17, 15) is 0 Å². The van der Waals surface area contributed by atoms with Crippen molar-refractivity contribution >= 4 is 46.6 Å². The van der Waals surface area contributed by atoms with Gasteiger partial charge in [-0.25, -0.2) is 5.43 Å². The number of nitrogens with one attached hydrogen (secondary N) is 1. The van der Waals surface area contributed by atoms with E-state index < -0.39 is 0 Å². The summed E-state index contributed by atoms with van der Waals surface area (Å²) in [5, 5.41) is 6.47. The zero-order valence-electron chi connectivity index (χ0n) is 21.6. The van der Waals surface area contributed by atoms with Gasteiger partial charge in [-0.1, -0.05) is 48.0 Å². The molecule has 0 amide bonds. The molecule has 0 atom stereocenters. The number of piperidine rings is 2. The molecule has 196 valence electrons. The number of nitrogens with zero attached hydrogens (tertiary/aromatic N) is 7. The van der Waals surface area contributed by atoms with Gasteiger partial charge in [-0.05, 0) is 56.2 Å². The molecule has 4 heterocycles. The molecule has 2 fully saturated rings. The van der Waals surface area contributed by atoms with E-state index >= 15 is 0 Å². The van der Waals surface area contributed by atoms with Gasteiger partial charge in [0.25, 0.3) is 0 Å². The predicted molar refractivity (Wildman–Crippen MR) is 156 cm³/mol. The predicted octanol–water partition coefficient (Wildman–Crippen LogP) is 5.95. The monoisotopic (exact) mass is 528 g/mol. The highest BCUT2D eigenvalue weighted by Crippen LogP contribution is 2.25. The SMILES string of the molecule is Clc1ccccc1Cn1cc(/C=N\Nc2nc(N3CCCCC3)nc(N3CCCCC3)n2)c2ccccc21. The molecular formula is C29H33ClN8. The third-order valence-electron chi connectivity index (χ3n) is 7.38. The number of hydrazone groups is 1. The number of halogens is 1. The smallest absolute Gasteiger partial charge is 0.250 e. The van der Waals surface area contributed by atoms with Gasteiger partial charge in [-0.3, -0.25) is 0 Å². The van der Waals surface area contributed by atoms with E-state index in [2.05, 4.69) is 61.4 Å². The van der Waals surface area contributed by atoms with Crippen molar-refractivity contribution in [1.29, 1.82) is 0 Å². The van der Waals surface area contributed by atoms with Crippen molar-refractivity contribution in [3.8, 4) is 0 Å². The minimum atomic E-state index is 0.484. The second-order valence-corrected chi connectivity index (χ2v) is 10.5. The second-order valence-electron chi connectivity index (χ2n) is 10.0. The number of aromatic nitrogens is 4. The van der Waals surface area contributed by atoms with Crippen molar-refractivity contribution < 1.29 is 0 Å². The number of rotatable bonds is 7. The van der Waals surface area contributed by atoms with E-state index in [4.69, 9.17) is 26.6 Å². The normalized spacial score (nSPS) is 16.4. The first-order chi connectivity index (χ1) is 18.7. The Bertz CT molecular complexity index is 1380. The number of fused-ring (bicyclic) bond motifs is 1. The Labute approximate surface area is 228 Å². The molecule has 0 saturated carbocycles. The van der Waals surface area contributed by atoms with Crippen molar-refractivity contribution in [3.63, 3.8) is 0 Å². The van der Waals surface area contributed by atoms with Crippen LogP contribution in [0.2, 0.25) is 5.02 Å². The number of hydrogen-bond donors (Lipinski definition) is 1. The number of benzene rings is 2. The highest BCUT2D eigenvalue weighted by Gasteiger charge is 2.20. The minimum absolute atomic E-state index is 0.484. The fourth-order valence-corrected chi connectivity index (χ4v) is 5.55. The lowest BCUT2D eigenvalue weighted by atomic mass is 10.1. The molecule has 0 spiro atoms. The third kappa shape index (κ3) is 5.45. The first-order valence-corrected chi connectivity index (χ1v) is 14.0. The van der Waals surface area contributed by atoms with Crippen LogP contribution in [0.15, 0.2) is 59.8 Å². The Hall–Kier alpha value is -3.65. The van der Waals surface area contributed by atoms with Gasteiger partial charge in [0, 0.05) is 60.4 Å². The Morgan fingerprint density at radius 1 is 0.789 bits per heavy atom. The average Bonchev–Trinajstić information content (AvgIpc) is 3.32. The van der Waals surface area contributed by atoms with E-state index in [1.165, 1.54) is 38.5 Å². The molecule has 9 heteroatoms. The largest absolute Gasteiger partial charge is 0.342 e. The molecule has 2 aromatic carbocycles. The van der Waals surface area contributed by atoms with Gasteiger partial charge in [0.1, 0.15) is 0 Å². The van der Waals surface area contributed by atoms with Gasteiger partial charge in [0.15, 0.2) is 0 Å². The molecule has 2 aliphatic rings. The maximum atomic E-state index is 6.45. The molecule has 4 aromatic rings. The summed E-state index contributed by atoms with van der Waals surface area (Å²) in [6.45, 7) is 4.62. The minimum Gasteiger partial charge on any atom is -0.342 e. The lowest BCUT2D eigenvalue weighted by Gasteiger charge is -2.30. The summed E-state index contributed by atoms with van der Waals surface area (Å²) in [6.07, 6.45) is 11.2. The summed E-state index contributed by atoms with van der Waals surface area (Å²) < 4.78 is 2.21. The van der Waals surface area contributed by atoms with Crippen LogP contribution >= 0.6 is 11.6 Å². The average molecular weight is 529 g/mol. The number of para-hydroxylation sites is 1. The highest BCUT2D eigenvalue weighted by atomic mass is 35.5. The molecule has 2 aliphatic heterocycles. The van der Waals surface area contributed by atoms with Crippen LogP contribution in [0.5, 0.6) is 0 Å². The fourth-order valence-electron chi connectivity index (χ4n) is 5.35. The Kier molecular flexibility index (Phi) is 7.40. The molecule has 0 unspecified atom stereocenters. The first kappa shape index (κ1) is 24.7. The number of hydrogen-bond acceptors (Lipinski definition) is 7. The Morgan fingerprint density at radius 3 is 2.11 bits per heavy atom. The van der Waals surface area contributed by atoms with Crippen molar-refractivity contribution in [2.45, 2.75) is 45.1 Å². The van der Waals surface area contributed by atoms with Gasteiger partial charge in [0.05, 0.1) is 6.21 Å². The Balaban J connectivity index is 1.26. The van der Waals surface area contributed by atoms with E-state index in [0.717, 1.165) is 65.1 Å². The van der Waals surface area contributed by atoms with Crippen molar-refractivity contribution in [1.82, 2.24) is 19.5 Å². The highest BCUT2D eigenvalue weighted by molar-refractivity contribution is 6.31. The maximum absolute atomic E-state index is 6.45. The fraction of sp³-hybridized carbons (Fsp3) is 0.379. The van der Waals surface area contributed by atoms with E-state index in [-0.39, 0.29) is 0 Å². The van der Waals surface area contributed by atoms with Gasteiger partial charge in [-0.2, -0.15) is 20.1 Å². The quantitative estimate of drug-likeness (QED) is 0.236. The first-order valence-electron chi connectivity index (χ1n) is 13.6. The van der Waals surface area contributed by atoms with Crippen LogP contribution in [0, 0.1) is 0 Å². The van der Waals surface area contributed by atoms with E-state index in [1.54, 1.807) is 0 Å². The summed E-state index contributed by atoms with van der Waals surface area (Å²) in [5.41, 5.74) is 6.34. The lowest BCUT2D eigenvalue weighted by molar-refractivity contribution is 0.556. The standard InChI is InChI=1S/C29H33ClN8/c30-25-13-5-3-11-22(25)20-38-21-23(24-12-4-6-14-26(24)38)19-31-35-27-32-28(36-15-7-1-8-16-36)34-29(33-27)37-17-9-2-10-18-37/h3-6,11-14,19,21H,1-2,7-10,15-18,20H2,(H,32,33,34,35)/b31-19-. The second kappa shape index (κ2) is 11.4. The van der Waals surface area contributed by atoms with Crippen LogP contribution < -0.4 is 15.2 Å². The zero-order valence-corrected chi connectivity index (χ0v) is 22.3. The van der Waals surface area contributed by atoms with Crippen LogP contribution in [-0.4, -0.2) is 51.9 Å². The van der Waals surface area contributed by atoms with Crippen LogP contribution in [0.4, 0.5) is 17.8 Å². The molecule has 0 radical (unpaired) electrons. The van der Waals surface area contributed by atoms with Crippen LogP contribution in [0.3, 0.4) is 0 Å². The topological polar surface area (TPSA) is 74.5 Å². The van der Waals surface area contributed by atoms with Crippen molar-refractivity contribution in [2.24, 2.45) is 5.10 Å². The molecule has 0 aliphatic carbocycles.